The molecule has 5 heteroatoms. The predicted molar refractivity (Wildman–Crippen MR) is 60.5 cm³/mol. The number of rotatable bonds is 4. The summed E-state index contributed by atoms with van der Waals surface area (Å²) in [6, 6.07) is 0. The molecule has 1 aliphatic heterocycles. The second-order valence-electron chi connectivity index (χ2n) is 5.11. The standard InChI is InChI=1S/C12H19NO4/c14-10(15)7-12(4-1-2-5-12)13-11(16)9-3-6-17-8-9/h9H,1-8H2,(H,13,16)(H,14,15). The molecule has 0 aromatic carbocycles. The van der Waals surface area contributed by atoms with Gasteiger partial charge in [-0.3, -0.25) is 9.59 Å². The van der Waals surface area contributed by atoms with Crippen molar-refractivity contribution in [3.8, 4) is 0 Å². The van der Waals surface area contributed by atoms with E-state index in [1.165, 1.54) is 0 Å². The van der Waals surface area contributed by atoms with Crippen molar-refractivity contribution < 1.29 is 19.4 Å². The first kappa shape index (κ1) is 12.4. The highest BCUT2D eigenvalue weighted by molar-refractivity contribution is 5.81. The molecular formula is C12H19NO4. The van der Waals surface area contributed by atoms with E-state index in [2.05, 4.69) is 5.32 Å². The van der Waals surface area contributed by atoms with Crippen LogP contribution in [0, 0.1) is 5.92 Å². The lowest BCUT2D eigenvalue weighted by molar-refractivity contribution is -0.139. The Morgan fingerprint density at radius 3 is 2.59 bits per heavy atom. The average Bonchev–Trinajstić information content (AvgIpc) is 2.86. The largest absolute Gasteiger partial charge is 0.481 e. The van der Waals surface area contributed by atoms with Gasteiger partial charge in [0.25, 0.3) is 0 Å². The van der Waals surface area contributed by atoms with Crippen LogP contribution in [0.1, 0.15) is 38.5 Å². The lowest BCUT2D eigenvalue weighted by Gasteiger charge is -2.29. The molecule has 1 aliphatic carbocycles. The third-order valence-electron chi connectivity index (χ3n) is 3.74. The van der Waals surface area contributed by atoms with Crippen LogP contribution < -0.4 is 5.32 Å². The maximum atomic E-state index is 12.0. The van der Waals surface area contributed by atoms with Crippen LogP contribution >= 0.6 is 0 Å². The van der Waals surface area contributed by atoms with Crippen LogP contribution in [0.3, 0.4) is 0 Å². The molecule has 5 nitrogen and oxygen atoms in total. The van der Waals surface area contributed by atoms with Gasteiger partial charge in [0.2, 0.25) is 5.91 Å². The summed E-state index contributed by atoms with van der Waals surface area (Å²) in [6.07, 6.45) is 4.32. The number of hydrogen-bond acceptors (Lipinski definition) is 3. The molecule has 96 valence electrons. The normalized spacial score (nSPS) is 26.9. The van der Waals surface area contributed by atoms with Crippen molar-refractivity contribution in [1.82, 2.24) is 5.32 Å². The Bertz CT molecular complexity index is 304. The van der Waals surface area contributed by atoms with Crippen LogP contribution in [-0.4, -0.2) is 35.7 Å². The van der Waals surface area contributed by atoms with Crippen LogP contribution in [0.4, 0.5) is 0 Å². The van der Waals surface area contributed by atoms with E-state index in [0.717, 1.165) is 32.1 Å². The van der Waals surface area contributed by atoms with Crippen molar-refractivity contribution in [2.24, 2.45) is 5.92 Å². The summed E-state index contributed by atoms with van der Waals surface area (Å²) in [7, 11) is 0. The summed E-state index contributed by atoms with van der Waals surface area (Å²) < 4.78 is 5.18. The molecule has 0 bridgehead atoms. The van der Waals surface area contributed by atoms with Crippen LogP contribution in [0.5, 0.6) is 0 Å². The zero-order valence-corrected chi connectivity index (χ0v) is 9.91. The van der Waals surface area contributed by atoms with E-state index in [0.29, 0.717) is 13.2 Å². The molecule has 2 N–H and O–H groups in total. The molecule has 1 atom stereocenters. The quantitative estimate of drug-likeness (QED) is 0.767. The number of carbonyl (C=O) groups is 2. The second kappa shape index (κ2) is 5.04. The smallest absolute Gasteiger partial charge is 0.305 e. The number of hydrogen-bond donors (Lipinski definition) is 2. The highest BCUT2D eigenvalue weighted by Gasteiger charge is 2.39. The third-order valence-corrected chi connectivity index (χ3v) is 3.74. The molecular weight excluding hydrogens is 222 g/mol. The molecule has 0 radical (unpaired) electrons. The molecule has 1 saturated heterocycles. The number of aliphatic carboxylic acids is 1. The summed E-state index contributed by atoms with van der Waals surface area (Å²) in [4.78, 5) is 22.9. The maximum absolute atomic E-state index is 12.0. The summed E-state index contributed by atoms with van der Waals surface area (Å²) in [5, 5.41) is 11.9. The fourth-order valence-electron chi connectivity index (χ4n) is 2.79. The minimum Gasteiger partial charge on any atom is -0.481 e. The van der Waals surface area contributed by atoms with E-state index in [1.54, 1.807) is 0 Å². The Kier molecular flexibility index (Phi) is 3.66. The van der Waals surface area contributed by atoms with Crippen LogP contribution in [0.15, 0.2) is 0 Å². The van der Waals surface area contributed by atoms with Gasteiger partial charge in [0.1, 0.15) is 0 Å². The monoisotopic (exact) mass is 241 g/mol. The first-order chi connectivity index (χ1) is 8.11. The highest BCUT2D eigenvalue weighted by Crippen LogP contribution is 2.33. The summed E-state index contributed by atoms with van der Waals surface area (Å²) >= 11 is 0. The van der Waals surface area contributed by atoms with E-state index in [1.807, 2.05) is 0 Å². The zero-order valence-electron chi connectivity index (χ0n) is 9.91. The fourth-order valence-corrected chi connectivity index (χ4v) is 2.79. The highest BCUT2D eigenvalue weighted by atomic mass is 16.5. The Morgan fingerprint density at radius 1 is 1.35 bits per heavy atom. The van der Waals surface area contributed by atoms with E-state index >= 15 is 0 Å². The van der Waals surface area contributed by atoms with Gasteiger partial charge in [-0.15, -0.1) is 0 Å². The Hall–Kier alpha value is -1.10. The van der Waals surface area contributed by atoms with Crippen molar-refractivity contribution in [3.05, 3.63) is 0 Å². The van der Waals surface area contributed by atoms with E-state index in [4.69, 9.17) is 9.84 Å². The Balaban J connectivity index is 1.97. The van der Waals surface area contributed by atoms with Gasteiger partial charge in [0.15, 0.2) is 0 Å². The van der Waals surface area contributed by atoms with Crippen molar-refractivity contribution in [2.75, 3.05) is 13.2 Å². The van der Waals surface area contributed by atoms with Crippen molar-refractivity contribution in [2.45, 2.75) is 44.1 Å². The second-order valence-corrected chi connectivity index (χ2v) is 5.11. The molecule has 0 aromatic heterocycles. The summed E-state index contributed by atoms with van der Waals surface area (Å²) in [6.45, 7) is 1.10. The molecule has 0 aromatic rings. The Labute approximate surface area is 101 Å². The molecule has 2 rings (SSSR count). The van der Waals surface area contributed by atoms with Gasteiger partial charge < -0.3 is 15.2 Å². The first-order valence-electron chi connectivity index (χ1n) is 6.23. The van der Waals surface area contributed by atoms with E-state index in [9.17, 15) is 9.59 Å². The van der Waals surface area contributed by atoms with Crippen molar-refractivity contribution in [1.29, 1.82) is 0 Å². The van der Waals surface area contributed by atoms with Crippen molar-refractivity contribution in [3.63, 3.8) is 0 Å². The SMILES string of the molecule is O=C(O)CC1(NC(=O)C2CCOC2)CCCC1. The van der Waals surface area contributed by atoms with E-state index < -0.39 is 11.5 Å². The number of ether oxygens (including phenoxy) is 1. The van der Waals surface area contributed by atoms with Gasteiger partial charge in [-0.25, -0.2) is 0 Å². The van der Waals surface area contributed by atoms with Gasteiger partial charge in [-0.1, -0.05) is 12.8 Å². The first-order valence-corrected chi connectivity index (χ1v) is 6.23. The van der Waals surface area contributed by atoms with Gasteiger partial charge in [-0.05, 0) is 19.3 Å². The number of carboxylic acids is 1. The summed E-state index contributed by atoms with van der Waals surface area (Å²) in [5.41, 5.74) is -0.508. The average molecular weight is 241 g/mol. The molecule has 1 saturated carbocycles. The fraction of sp³-hybridized carbons (Fsp3) is 0.833. The zero-order chi connectivity index (χ0) is 12.3. The van der Waals surface area contributed by atoms with Gasteiger partial charge >= 0.3 is 5.97 Å². The van der Waals surface area contributed by atoms with Crippen LogP contribution in [0.2, 0.25) is 0 Å². The number of nitrogens with one attached hydrogen (secondary N) is 1. The summed E-state index contributed by atoms with van der Waals surface area (Å²) in [5.74, 6) is -0.971. The van der Waals surface area contributed by atoms with Gasteiger partial charge in [0, 0.05) is 6.61 Å². The molecule has 1 heterocycles. The number of amides is 1. The van der Waals surface area contributed by atoms with Crippen LogP contribution in [0.25, 0.3) is 0 Å². The molecule has 2 fully saturated rings. The molecule has 17 heavy (non-hydrogen) atoms. The minimum atomic E-state index is -0.838. The van der Waals surface area contributed by atoms with Gasteiger partial charge in [0.05, 0.1) is 24.5 Å². The number of carbonyl (C=O) groups excluding carboxylic acids is 1. The molecule has 0 spiro atoms. The minimum absolute atomic E-state index is 0.0340. The molecule has 1 amide bonds. The predicted octanol–water partition coefficient (Wildman–Crippen LogP) is 0.927. The van der Waals surface area contributed by atoms with Crippen molar-refractivity contribution >= 4 is 11.9 Å². The third kappa shape index (κ3) is 2.97. The lowest BCUT2D eigenvalue weighted by Crippen LogP contribution is -2.50. The Morgan fingerprint density at radius 2 is 2.06 bits per heavy atom. The lowest BCUT2D eigenvalue weighted by atomic mass is 9.92. The molecule has 2 aliphatic rings. The van der Waals surface area contributed by atoms with Gasteiger partial charge in [-0.2, -0.15) is 0 Å². The number of carboxylic acid groups (broad SMARTS) is 1. The van der Waals surface area contributed by atoms with Crippen LogP contribution in [-0.2, 0) is 14.3 Å². The topological polar surface area (TPSA) is 75.6 Å². The van der Waals surface area contributed by atoms with E-state index in [-0.39, 0.29) is 18.2 Å². The maximum Gasteiger partial charge on any atom is 0.305 e. The molecule has 1 unspecified atom stereocenters.